The highest BCUT2D eigenvalue weighted by Crippen LogP contribution is 2.29. The minimum absolute atomic E-state index is 0.00620. The number of aryl methyl sites for hydroxylation is 2. The summed E-state index contributed by atoms with van der Waals surface area (Å²) in [6.07, 6.45) is 0.401. The second kappa shape index (κ2) is 9.98. The lowest BCUT2D eigenvalue weighted by Gasteiger charge is -2.25. The van der Waals surface area contributed by atoms with E-state index in [4.69, 9.17) is 16.3 Å². The number of hydrogen-bond acceptors (Lipinski definition) is 4. The summed E-state index contributed by atoms with van der Waals surface area (Å²) in [4.78, 5) is 13.2. The Hall–Kier alpha value is -2.83. The van der Waals surface area contributed by atoms with E-state index in [1.165, 1.54) is 24.3 Å². The Balaban J connectivity index is 1.86. The summed E-state index contributed by atoms with van der Waals surface area (Å²) in [5, 5.41) is 0.418. The fourth-order valence-electron chi connectivity index (χ4n) is 3.08. The Bertz CT molecular complexity index is 1150. The Morgan fingerprint density at radius 3 is 2.32 bits per heavy atom. The molecule has 162 valence electrons. The maximum absolute atomic E-state index is 13.4. The molecule has 0 spiro atoms. The molecule has 0 saturated carbocycles. The normalized spacial score (nSPS) is 11.2. The molecule has 0 aliphatic carbocycles. The Morgan fingerprint density at radius 1 is 0.968 bits per heavy atom. The van der Waals surface area contributed by atoms with E-state index in [9.17, 15) is 13.2 Å². The number of carbonyl (C=O) groups is 1. The Kier molecular flexibility index (Phi) is 7.36. The molecular formula is C24H24ClNO4S. The molecule has 0 fully saturated rings. The molecule has 0 saturated heterocycles. The molecule has 0 atom stereocenters. The van der Waals surface area contributed by atoms with Crippen molar-refractivity contribution in [1.29, 1.82) is 0 Å². The van der Waals surface area contributed by atoms with Crippen molar-refractivity contribution in [3.8, 4) is 5.75 Å². The summed E-state index contributed by atoms with van der Waals surface area (Å²) in [7, 11) is -4.11. The van der Waals surface area contributed by atoms with Crippen LogP contribution in [0.4, 0.5) is 5.69 Å². The Morgan fingerprint density at radius 2 is 1.65 bits per heavy atom. The zero-order valence-electron chi connectivity index (χ0n) is 17.4. The van der Waals surface area contributed by atoms with Gasteiger partial charge in [0.2, 0.25) is 5.91 Å². The number of rotatable bonds is 8. The molecule has 0 heterocycles. The third-order valence-corrected chi connectivity index (χ3v) is 6.71. The van der Waals surface area contributed by atoms with Crippen molar-refractivity contribution in [2.24, 2.45) is 0 Å². The third kappa shape index (κ3) is 5.66. The monoisotopic (exact) mass is 457 g/mol. The molecule has 5 nitrogen and oxygen atoms in total. The van der Waals surface area contributed by atoms with Crippen LogP contribution in [0.5, 0.6) is 5.75 Å². The van der Waals surface area contributed by atoms with Crippen LogP contribution in [0, 0.1) is 13.8 Å². The minimum atomic E-state index is -4.11. The highest BCUT2D eigenvalue weighted by atomic mass is 35.5. The van der Waals surface area contributed by atoms with E-state index in [1.54, 1.807) is 19.1 Å². The van der Waals surface area contributed by atoms with E-state index in [0.717, 1.165) is 9.87 Å². The van der Waals surface area contributed by atoms with Gasteiger partial charge in [-0.25, -0.2) is 12.7 Å². The van der Waals surface area contributed by atoms with Gasteiger partial charge in [0.05, 0.1) is 17.2 Å². The topological polar surface area (TPSA) is 63.7 Å². The number of carbonyl (C=O) groups excluding carboxylic acids is 1. The number of anilines is 1. The van der Waals surface area contributed by atoms with E-state index in [-0.39, 0.29) is 11.3 Å². The van der Waals surface area contributed by atoms with Crippen LogP contribution in [-0.2, 0) is 14.8 Å². The van der Waals surface area contributed by atoms with Crippen molar-refractivity contribution >= 4 is 33.2 Å². The summed E-state index contributed by atoms with van der Waals surface area (Å²) in [5.74, 6) is 0.190. The number of sulfonamides is 1. The molecule has 1 amide bonds. The van der Waals surface area contributed by atoms with Gasteiger partial charge in [-0.15, -0.1) is 0 Å². The number of benzene rings is 3. The number of halogens is 1. The number of para-hydroxylation sites is 1. The van der Waals surface area contributed by atoms with E-state index in [1.807, 2.05) is 43.3 Å². The van der Waals surface area contributed by atoms with Crippen LogP contribution in [0.25, 0.3) is 0 Å². The summed E-state index contributed by atoms with van der Waals surface area (Å²) in [5.41, 5.74) is 1.90. The molecular weight excluding hydrogens is 434 g/mol. The van der Waals surface area contributed by atoms with Crippen molar-refractivity contribution in [1.82, 2.24) is 0 Å². The molecule has 31 heavy (non-hydrogen) atoms. The van der Waals surface area contributed by atoms with Crippen molar-refractivity contribution in [3.05, 3.63) is 88.9 Å². The van der Waals surface area contributed by atoms with Crippen molar-refractivity contribution in [2.45, 2.75) is 31.6 Å². The van der Waals surface area contributed by atoms with Crippen LogP contribution in [0.1, 0.15) is 24.0 Å². The van der Waals surface area contributed by atoms with Gasteiger partial charge in [-0.05, 0) is 73.9 Å². The van der Waals surface area contributed by atoms with E-state index >= 15 is 0 Å². The zero-order chi connectivity index (χ0) is 22.4. The molecule has 0 aromatic heterocycles. The molecule has 3 rings (SSSR count). The van der Waals surface area contributed by atoms with E-state index < -0.39 is 15.9 Å². The molecule has 0 aliphatic heterocycles. The maximum Gasteiger partial charge on any atom is 0.270 e. The molecule has 0 bridgehead atoms. The van der Waals surface area contributed by atoms with Crippen LogP contribution in [0.2, 0.25) is 5.02 Å². The number of hydrogen-bond donors (Lipinski definition) is 0. The van der Waals surface area contributed by atoms with Crippen LogP contribution in [0.3, 0.4) is 0 Å². The first-order chi connectivity index (χ1) is 14.8. The average molecular weight is 458 g/mol. The molecule has 0 N–H and O–H groups in total. The van der Waals surface area contributed by atoms with Crippen LogP contribution >= 0.6 is 11.6 Å². The molecule has 0 radical (unpaired) electrons. The van der Waals surface area contributed by atoms with E-state index in [0.29, 0.717) is 35.1 Å². The highest BCUT2D eigenvalue weighted by Gasteiger charge is 2.31. The predicted octanol–water partition coefficient (Wildman–Crippen LogP) is 5.54. The number of nitrogens with zero attached hydrogens (tertiary/aromatic N) is 1. The van der Waals surface area contributed by atoms with Crippen molar-refractivity contribution in [2.75, 3.05) is 10.9 Å². The quantitative estimate of drug-likeness (QED) is 0.417. The SMILES string of the molecule is Cc1ccc(C)c(N(C(=O)CCCOc2ccccc2)S(=O)(=O)c2ccc(Cl)cc2)c1. The van der Waals surface area contributed by atoms with Crippen LogP contribution < -0.4 is 9.04 Å². The van der Waals surface area contributed by atoms with Gasteiger partial charge in [0.15, 0.2) is 0 Å². The lowest BCUT2D eigenvalue weighted by Crippen LogP contribution is -2.37. The van der Waals surface area contributed by atoms with Crippen LogP contribution in [-0.4, -0.2) is 20.9 Å². The van der Waals surface area contributed by atoms with Gasteiger partial charge < -0.3 is 4.74 Å². The Labute approximate surface area is 188 Å². The first-order valence-corrected chi connectivity index (χ1v) is 11.7. The lowest BCUT2D eigenvalue weighted by molar-refractivity contribution is -0.117. The van der Waals surface area contributed by atoms with E-state index in [2.05, 4.69) is 0 Å². The van der Waals surface area contributed by atoms with Gasteiger partial charge in [-0.3, -0.25) is 4.79 Å². The second-order valence-electron chi connectivity index (χ2n) is 7.17. The molecule has 0 aliphatic rings. The van der Waals surface area contributed by atoms with Gasteiger partial charge in [-0.2, -0.15) is 0 Å². The summed E-state index contributed by atoms with van der Waals surface area (Å²) >= 11 is 5.91. The second-order valence-corrected chi connectivity index (χ2v) is 9.40. The van der Waals surface area contributed by atoms with Gasteiger partial charge in [0.1, 0.15) is 5.75 Å². The fourth-order valence-corrected chi connectivity index (χ4v) is 4.71. The fraction of sp³-hybridized carbons (Fsp3) is 0.208. The average Bonchev–Trinajstić information content (AvgIpc) is 2.75. The summed E-state index contributed by atoms with van der Waals surface area (Å²) < 4.78 is 33.4. The van der Waals surface area contributed by atoms with Crippen molar-refractivity contribution < 1.29 is 17.9 Å². The summed E-state index contributed by atoms with van der Waals surface area (Å²) in [6.45, 7) is 3.94. The minimum Gasteiger partial charge on any atom is -0.494 e. The smallest absolute Gasteiger partial charge is 0.270 e. The maximum atomic E-state index is 13.4. The highest BCUT2D eigenvalue weighted by molar-refractivity contribution is 7.93. The number of amides is 1. The molecule has 3 aromatic rings. The van der Waals surface area contributed by atoms with Gasteiger partial charge in [0, 0.05) is 11.4 Å². The zero-order valence-corrected chi connectivity index (χ0v) is 19.0. The first-order valence-electron chi connectivity index (χ1n) is 9.88. The van der Waals surface area contributed by atoms with Gasteiger partial charge in [0.25, 0.3) is 10.0 Å². The van der Waals surface area contributed by atoms with Crippen molar-refractivity contribution in [3.63, 3.8) is 0 Å². The first kappa shape index (κ1) is 22.8. The lowest BCUT2D eigenvalue weighted by atomic mass is 10.1. The van der Waals surface area contributed by atoms with Crippen LogP contribution in [0.15, 0.2) is 77.7 Å². The molecule has 3 aromatic carbocycles. The van der Waals surface area contributed by atoms with Gasteiger partial charge in [-0.1, -0.05) is 41.9 Å². The third-order valence-electron chi connectivity index (χ3n) is 4.71. The largest absolute Gasteiger partial charge is 0.494 e. The summed E-state index contributed by atoms with van der Waals surface area (Å²) in [6, 6.07) is 20.5. The molecule has 7 heteroatoms. The molecule has 0 unspecified atom stereocenters. The predicted molar refractivity (Wildman–Crippen MR) is 123 cm³/mol. The number of ether oxygens (including phenoxy) is 1. The standard InChI is InChI=1S/C24H24ClNO4S/c1-18-10-11-19(2)23(17-18)26(31(28,29)22-14-12-20(25)13-15-22)24(27)9-6-16-30-21-7-4-3-5-8-21/h3-5,7-8,10-15,17H,6,9,16H2,1-2H3. The van der Waals surface area contributed by atoms with Gasteiger partial charge >= 0.3 is 0 Å².